The van der Waals surface area contributed by atoms with Crippen LogP contribution >= 0.6 is 0 Å². The fourth-order valence-corrected chi connectivity index (χ4v) is 3.99. The maximum absolute atomic E-state index is 12.4. The van der Waals surface area contributed by atoms with Gasteiger partial charge in [0.1, 0.15) is 17.3 Å². The first kappa shape index (κ1) is 17.5. The Labute approximate surface area is 156 Å². The van der Waals surface area contributed by atoms with Crippen molar-refractivity contribution in [2.75, 3.05) is 5.32 Å². The van der Waals surface area contributed by atoms with Crippen LogP contribution in [0.15, 0.2) is 29.1 Å². The van der Waals surface area contributed by atoms with E-state index in [4.69, 9.17) is 4.98 Å². The van der Waals surface area contributed by atoms with Gasteiger partial charge in [0, 0.05) is 17.8 Å². The smallest absolute Gasteiger partial charge is 0.274 e. The Morgan fingerprint density at radius 1 is 1.15 bits per heavy atom. The minimum atomic E-state index is -0.410. The molecule has 1 aliphatic rings. The summed E-state index contributed by atoms with van der Waals surface area (Å²) in [5.74, 6) is 1.00. The molecule has 0 unspecified atom stereocenters. The van der Waals surface area contributed by atoms with Gasteiger partial charge in [0.05, 0.1) is 11.0 Å². The van der Waals surface area contributed by atoms with Crippen LogP contribution in [0.1, 0.15) is 60.3 Å². The summed E-state index contributed by atoms with van der Waals surface area (Å²) in [5.41, 5.74) is 2.36. The molecule has 7 nitrogen and oxygen atoms in total. The summed E-state index contributed by atoms with van der Waals surface area (Å²) in [5, 5.41) is 2.81. The molecule has 2 N–H and O–H groups in total. The predicted octanol–water partition coefficient (Wildman–Crippen LogP) is 3.49. The van der Waals surface area contributed by atoms with E-state index in [-0.39, 0.29) is 11.3 Å². The largest absolute Gasteiger partial charge is 0.325 e. The number of carbonyl (C=O) groups excluding carboxylic acids is 1. The van der Waals surface area contributed by atoms with Crippen LogP contribution in [0.5, 0.6) is 0 Å². The van der Waals surface area contributed by atoms with Crippen molar-refractivity contribution in [3.8, 4) is 0 Å². The molecule has 2 aromatic heterocycles. The molecular formula is C20H23N5O2. The van der Waals surface area contributed by atoms with Gasteiger partial charge >= 0.3 is 0 Å². The number of benzene rings is 1. The van der Waals surface area contributed by atoms with E-state index >= 15 is 0 Å². The molecule has 1 amide bonds. The zero-order chi connectivity index (χ0) is 19.0. The molecule has 0 atom stereocenters. The number of rotatable bonds is 3. The summed E-state index contributed by atoms with van der Waals surface area (Å²) < 4.78 is 2.34. The van der Waals surface area contributed by atoms with Crippen molar-refractivity contribution < 1.29 is 4.79 Å². The van der Waals surface area contributed by atoms with Crippen LogP contribution in [0, 0.1) is 13.8 Å². The molecule has 0 spiro atoms. The molecular weight excluding hydrogens is 342 g/mol. The number of anilines is 1. The second kappa shape index (κ2) is 6.98. The van der Waals surface area contributed by atoms with Crippen LogP contribution in [0.2, 0.25) is 0 Å². The molecule has 0 saturated heterocycles. The molecule has 1 aliphatic carbocycles. The lowest BCUT2D eigenvalue weighted by Gasteiger charge is -2.25. The van der Waals surface area contributed by atoms with E-state index in [0.717, 1.165) is 16.9 Å². The van der Waals surface area contributed by atoms with Gasteiger partial charge in [0.25, 0.3) is 11.5 Å². The lowest BCUT2D eigenvalue weighted by Crippen LogP contribution is -2.19. The van der Waals surface area contributed by atoms with E-state index in [0.29, 0.717) is 17.6 Å². The van der Waals surface area contributed by atoms with Gasteiger partial charge in [-0.2, -0.15) is 0 Å². The highest BCUT2D eigenvalue weighted by Gasteiger charge is 2.20. The summed E-state index contributed by atoms with van der Waals surface area (Å²) >= 11 is 0. The third kappa shape index (κ3) is 3.49. The summed E-state index contributed by atoms with van der Waals surface area (Å²) in [6.45, 7) is 3.68. The SMILES string of the molecule is Cc1nc(C(=O)Nc2ccc3c(c2)nc(C)n3C2CCCCC2)cc(=O)[nH]1. The molecule has 3 aromatic rings. The first-order valence-electron chi connectivity index (χ1n) is 9.39. The number of aryl methyl sites for hydroxylation is 2. The van der Waals surface area contributed by atoms with Gasteiger partial charge in [0.15, 0.2) is 0 Å². The Morgan fingerprint density at radius 3 is 2.67 bits per heavy atom. The number of nitrogens with zero attached hydrogens (tertiary/aromatic N) is 3. The second-order valence-corrected chi connectivity index (χ2v) is 7.19. The van der Waals surface area contributed by atoms with Crippen LogP contribution in [0.3, 0.4) is 0 Å². The molecule has 140 valence electrons. The first-order chi connectivity index (χ1) is 13.0. The predicted molar refractivity (Wildman–Crippen MR) is 104 cm³/mol. The third-order valence-electron chi connectivity index (χ3n) is 5.16. The molecule has 27 heavy (non-hydrogen) atoms. The van der Waals surface area contributed by atoms with Crippen molar-refractivity contribution in [1.82, 2.24) is 19.5 Å². The summed E-state index contributed by atoms with van der Waals surface area (Å²) in [4.78, 5) is 35.3. The average Bonchev–Trinajstić information content (AvgIpc) is 2.96. The third-order valence-corrected chi connectivity index (χ3v) is 5.16. The fourth-order valence-electron chi connectivity index (χ4n) is 3.99. The normalized spacial score (nSPS) is 15.2. The molecule has 7 heteroatoms. The van der Waals surface area contributed by atoms with Gasteiger partial charge in [-0.3, -0.25) is 9.59 Å². The average molecular weight is 365 g/mol. The summed E-state index contributed by atoms with van der Waals surface area (Å²) in [6.07, 6.45) is 6.23. The van der Waals surface area contributed by atoms with Crippen molar-refractivity contribution in [1.29, 1.82) is 0 Å². The van der Waals surface area contributed by atoms with Crippen LogP contribution in [0.25, 0.3) is 11.0 Å². The maximum atomic E-state index is 12.4. The van der Waals surface area contributed by atoms with Crippen molar-refractivity contribution in [3.63, 3.8) is 0 Å². The standard InChI is InChI=1S/C20H23N5O2/c1-12-21-17(11-19(26)22-12)20(27)24-14-8-9-18-16(10-14)23-13(2)25(18)15-6-4-3-5-7-15/h8-11,15H,3-7H2,1-2H3,(H,24,27)(H,21,22,26). The van der Waals surface area contributed by atoms with E-state index in [9.17, 15) is 9.59 Å². The summed E-state index contributed by atoms with van der Waals surface area (Å²) in [7, 11) is 0. The highest BCUT2D eigenvalue weighted by molar-refractivity contribution is 6.03. The Kier molecular flexibility index (Phi) is 4.51. The highest BCUT2D eigenvalue weighted by atomic mass is 16.2. The Bertz CT molecular complexity index is 1060. The molecule has 2 heterocycles. The van der Waals surface area contributed by atoms with Gasteiger partial charge in [-0.05, 0) is 44.9 Å². The van der Waals surface area contributed by atoms with E-state index in [1.54, 1.807) is 6.92 Å². The van der Waals surface area contributed by atoms with Gasteiger partial charge in [-0.25, -0.2) is 9.97 Å². The first-order valence-corrected chi connectivity index (χ1v) is 9.39. The van der Waals surface area contributed by atoms with Crippen LogP contribution in [-0.2, 0) is 0 Å². The monoisotopic (exact) mass is 365 g/mol. The van der Waals surface area contributed by atoms with Gasteiger partial charge in [-0.1, -0.05) is 19.3 Å². The van der Waals surface area contributed by atoms with Crippen molar-refractivity contribution in [2.45, 2.75) is 52.0 Å². The van der Waals surface area contributed by atoms with Crippen LogP contribution in [0.4, 0.5) is 5.69 Å². The number of amides is 1. The Morgan fingerprint density at radius 2 is 1.93 bits per heavy atom. The van der Waals surface area contributed by atoms with Crippen LogP contribution < -0.4 is 10.9 Å². The minimum Gasteiger partial charge on any atom is -0.325 e. The zero-order valence-corrected chi connectivity index (χ0v) is 15.6. The van der Waals surface area contributed by atoms with Crippen LogP contribution in [-0.4, -0.2) is 25.4 Å². The number of aromatic amines is 1. The number of hydrogen-bond donors (Lipinski definition) is 2. The summed E-state index contributed by atoms with van der Waals surface area (Å²) in [6, 6.07) is 7.46. The quantitative estimate of drug-likeness (QED) is 0.743. The van der Waals surface area contributed by atoms with Gasteiger partial charge in [-0.15, -0.1) is 0 Å². The molecule has 0 bridgehead atoms. The van der Waals surface area contributed by atoms with Gasteiger partial charge in [0.2, 0.25) is 0 Å². The number of fused-ring (bicyclic) bond motifs is 1. The number of carbonyl (C=O) groups is 1. The van der Waals surface area contributed by atoms with E-state index in [1.165, 1.54) is 38.2 Å². The van der Waals surface area contributed by atoms with E-state index in [2.05, 4.69) is 19.9 Å². The molecule has 0 radical (unpaired) electrons. The lowest BCUT2D eigenvalue weighted by molar-refractivity contribution is 0.102. The number of H-pyrrole nitrogens is 1. The fraction of sp³-hybridized carbons (Fsp3) is 0.400. The number of aromatic nitrogens is 4. The highest BCUT2D eigenvalue weighted by Crippen LogP contribution is 2.33. The van der Waals surface area contributed by atoms with Gasteiger partial charge < -0.3 is 14.9 Å². The lowest BCUT2D eigenvalue weighted by atomic mass is 9.95. The number of imidazole rings is 1. The maximum Gasteiger partial charge on any atom is 0.274 e. The minimum absolute atomic E-state index is 0.0975. The Balaban J connectivity index is 1.62. The van der Waals surface area contributed by atoms with E-state index in [1.807, 2.05) is 25.1 Å². The van der Waals surface area contributed by atoms with E-state index < -0.39 is 5.91 Å². The molecule has 1 aromatic carbocycles. The van der Waals surface area contributed by atoms with Crippen molar-refractivity contribution >= 4 is 22.6 Å². The molecule has 4 rings (SSSR count). The number of hydrogen-bond acceptors (Lipinski definition) is 4. The van der Waals surface area contributed by atoms with Crippen molar-refractivity contribution in [3.05, 3.63) is 52.0 Å². The number of nitrogens with one attached hydrogen (secondary N) is 2. The molecule has 0 aliphatic heterocycles. The van der Waals surface area contributed by atoms with Crippen molar-refractivity contribution in [2.24, 2.45) is 0 Å². The molecule has 1 saturated carbocycles. The molecule has 1 fully saturated rings. The topological polar surface area (TPSA) is 92.7 Å². The zero-order valence-electron chi connectivity index (χ0n) is 15.6. The second-order valence-electron chi connectivity index (χ2n) is 7.19. The Hall–Kier alpha value is -2.96.